The molecule has 9 nitrogen and oxygen atoms in total. The number of ether oxygens (including phenoxy) is 2. The Balaban J connectivity index is 3.83. The number of phosphoric ester groups is 1. The number of hydrogen-bond acceptors (Lipinski definition) is 7. The van der Waals surface area contributed by atoms with Crippen molar-refractivity contribution in [3.8, 4) is 0 Å². The van der Waals surface area contributed by atoms with E-state index in [4.69, 9.17) is 18.5 Å². The maximum Gasteiger partial charge on any atom is 0.472 e. The maximum absolute atomic E-state index is 12.8. The molecule has 2 atom stereocenters. The molecule has 0 aliphatic heterocycles. The molecule has 0 fully saturated rings. The van der Waals surface area contributed by atoms with Crippen LogP contribution >= 0.6 is 7.82 Å². The van der Waals surface area contributed by atoms with E-state index in [-0.39, 0.29) is 25.6 Å². The minimum atomic E-state index is -4.39. The topological polar surface area (TPSA) is 108 Å². The lowest BCUT2D eigenvalue weighted by atomic mass is 10.0. The van der Waals surface area contributed by atoms with Gasteiger partial charge in [0.05, 0.1) is 27.7 Å². The highest BCUT2D eigenvalue weighted by Crippen LogP contribution is 2.43. The molecule has 0 heterocycles. The van der Waals surface area contributed by atoms with Gasteiger partial charge in [-0.25, -0.2) is 4.57 Å². The average Bonchev–Trinajstić information content (AvgIpc) is 3.46. The SMILES string of the molecule is CCCCCCCCC/C=C\CCCCCCCCCC(=O)OC(COC(=O)CCCCCCCCCCCCCCCCCCCCCCCCCCCCCCCCCCCCCCCCCC)COP(=O)(O)OCC[N+](C)(C)C. The molecule has 0 aliphatic rings. The van der Waals surface area contributed by atoms with E-state index in [1.165, 1.54) is 308 Å². The molecule has 0 aliphatic carbocycles. The fourth-order valence-electron chi connectivity index (χ4n) is 11.2. The molecular weight excluding hydrogens is 1040 g/mol. The zero-order valence-corrected chi connectivity index (χ0v) is 56.7. The number of esters is 2. The molecule has 0 radical (unpaired) electrons. The number of carbonyl (C=O) groups excluding carboxylic acids is 2. The highest BCUT2D eigenvalue weighted by molar-refractivity contribution is 7.47. The first-order chi connectivity index (χ1) is 40.0. The molecule has 0 aromatic rings. The standard InChI is InChI=1S/C72H142NO8P/c1-6-8-10-12-14-16-18-20-22-24-26-27-28-29-30-31-32-33-34-35-36-37-38-39-40-41-42-43-44-45-46-47-49-50-52-54-56-58-60-62-64-71(74)78-68-70(69-80-82(76,77)79-67-66-73(3,4)5)81-72(75)65-63-61-59-57-55-53-51-48-25-23-21-19-17-15-13-11-9-7-2/h23,25,70H,6-22,24,26-69H2,1-5H3/p+1/b25-23-. The molecule has 0 rings (SSSR count). The van der Waals surface area contributed by atoms with Crippen LogP contribution in [0.15, 0.2) is 12.2 Å². The van der Waals surface area contributed by atoms with Crippen molar-refractivity contribution in [2.75, 3.05) is 47.5 Å². The van der Waals surface area contributed by atoms with E-state index < -0.39 is 26.5 Å². The van der Waals surface area contributed by atoms with Crippen molar-refractivity contribution in [2.45, 2.75) is 392 Å². The fourth-order valence-corrected chi connectivity index (χ4v) is 11.9. The lowest BCUT2D eigenvalue weighted by molar-refractivity contribution is -0.870. The average molecular weight is 1180 g/mol. The third kappa shape index (κ3) is 67.9. The summed E-state index contributed by atoms with van der Waals surface area (Å²) in [6.45, 7) is 4.50. The van der Waals surface area contributed by atoms with Crippen molar-refractivity contribution >= 4 is 19.8 Å². The minimum Gasteiger partial charge on any atom is -0.462 e. The second kappa shape index (κ2) is 64.2. The highest BCUT2D eigenvalue weighted by atomic mass is 31.2. The summed E-state index contributed by atoms with van der Waals surface area (Å²) in [6.07, 6.45) is 79.3. The molecule has 0 saturated carbocycles. The number of phosphoric acid groups is 1. The summed E-state index contributed by atoms with van der Waals surface area (Å²) in [4.78, 5) is 35.8. The van der Waals surface area contributed by atoms with Crippen LogP contribution in [0.3, 0.4) is 0 Å². The van der Waals surface area contributed by atoms with Crippen LogP contribution in [0.25, 0.3) is 0 Å². The molecule has 0 saturated heterocycles. The molecule has 2 unspecified atom stereocenters. The van der Waals surface area contributed by atoms with Crippen LogP contribution in [0.5, 0.6) is 0 Å². The molecule has 0 aromatic heterocycles. The van der Waals surface area contributed by atoms with Crippen LogP contribution < -0.4 is 0 Å². The van der Waals surface area contributed by atoms with Gasteiger partial charge in [-0.1, -0.05) is 347 Å². The lowest BCUT2D eigenvalue weighted by Gasteiger charge is -2.24. The summed E-state index contributed by atoms with van der Waals surface area (Å²) in [5.41, 5.74) is 0. The monoisotopic (exact) mass is 1180 g/mol. The molecule has 0 spiro atoms. The van der Waals surface area contributed by atoms with Crippen molar-refractivity contribution in [2.24, 2.45) is 0 Å². The minimum absolute atomic E-state index is 0.0347. The van der Waals surface area contributed by atoms with Gasteiger partial charge in [-0.2, -0.15) is 0 Å². The van der Waals surface area contributed by atoms with Crippen LogP contribution in [0, 0.1) is 0 Å². The molecule has 0 amide bonds. The van der Waals surface area contributed by atoms with Crippen molar-refractivity contribution < 1.29 is 42.1 Å². The third-order valence-electron chi connectivity index (χ3n) is 16.8. The molecule has 82 heavy (non-hydrogen) atoms. The van der Waals surface area contributed by atoms with Crippen LogP contribution in [0.1, 0.15) is 386 Å². The van der Waals surface area contributed by atoms with Gasteiger partial charge in [0.2, 0.25) is 0 Å². The Labute approximate surface area is 511 Å². The Morgan fingerprint density at radius 1 is 0.366 bits per heavy atom. The molecule has 488 valence electrons. The third-order valence-corrected chi connectivity index (χ3v) is 17.8. The Morgan fingerprint density at radius 2 is 0.622 bits per heavy atom. The summed E-state index contributed by atoms with van der Waals surface area (Å²) in [6, 6.07) is 0. The molecular formula is C72H143NO8P+. The molecule has 10 heteroatoms. The van der Waals surface area contributed by atoms with Crippen molar-refractivity contribution in [3.05, 3.63) is 12.2 Å². The van der Waals surface area contributed by atoms with Crippen LogP contribution in [-0.4, -0.2) is 74.9 Å². The summed E-state index contributed by atoms with van der Waals surface area (Å²) < 4.78 is 34.7. The smallest absolute Gasteiger partial charge is 0.462 e. The van der Waals surface area contributed by atoms with Gasteiger partial charge in [-0.05, 0) is 38.5 Å². The molecule has 1 N–H and O–H groups in total. The van der Waals surface area contributed by atoms with E-state index in [1.807, 2.05) is 21.1 Å². The second-order valence-corrected chi connectivity index (χ2v) is 27.8. The van der Waals surface area contributed by atoms with E-state index in [2.05, 4.69) is 26.0 Å². The van der Waals surface area contributed by atoms with Gasteiger partial charge in [-0.3, -0.25) is 18.6 Å². The number of rotatable bonds is 69. The molecule has 0 bridgehead atoms. The fraction of sp³-hybridized carbons (Fsp3) is 0.944. The van der Waals surface area contributed by atoms with Crippen molar-refractivity contribution in [1.29, 1.82) is 0 Å². The van der Waals surface area contributed by atoms with E-state index in [0.29, 0.717) is 23.9 Å². The lowest BCUT2D eigenvalue weighted by Crippen LogP contribution is -2.37. The second-order valence-electron chi connectivity index (χ2n) is 26.3. The van der Waals surface area contributed by atoms with Gasteiger partial charge < -0.3 is 18.9 Å². The summed E-state index contributed by atoms with van der Waals surface area (Å²) in [7, 11) is 1.50. The Morgan fingerprint density at radius 3 is 0.902 bits per heavy atom. The zero-order chi connectivity index (χ0) is 59.8. The van der Waals surface area contributed by atoms with E-state index in [0.717, 1.165) is 44.9 Å². The van der Waals surface area contributed by atoms with Gasteiger partial charge in [0, 0.05) is 12.8 Å². The van der Waals surface area contributed by atoms with Gasteiger partial charge in [0.25, 0.3) is 0 Å². The number of unbranched alkanes of at least 4 members (excludes halogenated alkanes) is 53. The first-order valence-electron chi connectivity index (χ1n) is 36.4. The van der Waals surface area contributed by atoms with Crippen molar-refractivity contribution in [3.63, 3.8) is 0 Å². The number of carbonyl (C=O) groups is 2. The van der Waals surface area contributed by atoms with E-state index >= 15 is 0 Å². The normalized spacial score (nSPS) is 13.1. The van der Waals surface area contributed by atoms with Gasteiger partial charge in [0.1, 0.15) is 19.8 Å². The quantitative estimate of drug-likeness (QED) is 0.0211. The number of hydrogen-bond donors (Lipinski definition) is 1. The highest BCUT2D eigenvalue weighted by Gasteiger charge is 2.27. The van der Waals surface area contributed by atoms with Gasteiger partial charge in [0.15, 0.2) is 6.10 Å². The predicted octanol–water partition coefficient (Wildman–Crippen LogP) is 23.5. The number of likely N-dealkylation sites (N-methyl/N-ethyl adjacent to an activating group) is 1. The van der Waals surface area contributed by atoms with Crippen molar-refractivity contribution in [1.82, 2.24) is 0 Å². The summed E-state index contributed by atoms with van der Waals surface area (Å²) >= 11 is 0. The van der Waals surface area contributed by atoms with E-state index in [1.54, 1.807) is 0 Å². The predicted molar refractivity (Wildman–Crippen MR) is 354 cm³/mol. The van der Waals surface area contributed by atoms with Crippen LogP contribution in [-0.2, 0) is 32.7 Å². The van der Waals surface area contributed by atoms with Gasteiger partial charge in [-0.15, -0.1) is 0 Å². The number of nitrogens with zero attached hydrogens (tertiary/aromatic N) is 1. The van der Waals surface area contributed by atoms with E-state index in [9.17, 15) is 19.0 Å². The van der Waals surface area contributed by atoms with Crippen LogP contribution in [0.4, 0.5) is 0 Å². The summed E-state index contributed by atoms with van der Waals surface area (Å²) in [5, 5.41) is 0. The Kier molecular flexibility index (Phi) is 63.3. The zero-order valence-electron chi connectivity index (χ0n) is 55.8. The largest absolute Gasteiger partial charge is 0.472 e. The Hall–Kier alpha value is -1.25. The first kappa shape index (κ1) is 80.8. The Bertz CT molecular complexity index is 1390. The maximum atomic E-state index is 12.8. The number of quaternary nitrogens is 1. The molecule has 0 aromatic carbocycles. The van der Waals surface area contributed by atoms with Gasteiger partial charge >= 0.3 is 19.8 Å². The number of allylic oxidation sites excluding steroid dienone is 2. The van der Waals surface area contributed by atoms with Crippen LogP contribution in [0.2, 0.25) is 0 Å². The first-order valence-corrected chi connectivity index (χ1v) is 37.9. The summed E-state index contributed by atoms with van der Waals surface area (Å²) in [5.74, 6) is -0.780.